The van der Waals surface area contributed by atoms with Gasteiger partial charge >= 0.3 is 5.97 Å². The van der Waals surface area contributed by atoms with Crippen molar-refractivity contribution >= 4 is 23.5 Å². The molecule has 114 valence electrons. The Kier molecular flexibility index (Phi) is 5.55. The van der Waals surface area contributed by atoms with Crippen molar-refractivity contribution in [3.05, 3.63) is 70.7 Å². The van der Waals surface area contributed by atoms with Gasteiger partial charge in [0.05, 0.1) is 18.9 Å². The number of amides is 1. The Morgan fingerprint density at radius 3 is 2.27 bits per heavy atom. The van der Waals surface area contributed by atoms with E-state index in [2.05, 4.69) is 5.32 Å². The zero-order valence-corrected chi connectivity index (χ0v) is 12.6. The number of carbonyl (C=O) groups is 2. The lowest BCUT2D eigenvalue weighted by atomic mass is 10.0. The SMILES string of the molecule is O=C(O)C[C@H](NC(=O)Cc1ccccc1)c1ccc(Cl)cc1. The van der Waals surface area contributed by atoms with Crippen molar-refractivity contribution in [3.63, 3.8) is 0 Å². The average Bonchev–Trinajstić information content (AvgIpc) is 2.48. The second-order valence-electron chi connectivity index (χ2n) is 4.93. The highest BCUT2D eigenvalue weighted by Crippen LogP contribution is 2.19. The van der Waals surface area contributed by atoms with Gasteiger partial charge in [0, 0.05) is 5.02 Å². The molecule has 0 aliphatic rings. The van der Waals surface area contributed by atoms with Crippen LogP contribution < -0.4 is 5.32 Å². The summed E-state index contributed by atoms with van der Waals surface area (Å²) in [4.78, 5) is 23.1. The highest BCUT2D eigenvalue weighted by atomic mass is 35.5. The second-order valence-corrected chi connectivity index (χ2v) is 5.37. The second kappa shape index (κ2) is 7.61. The van der Waals surface area contributed by atoms with Crippen LogP contribution in [-0.4, -0.2) is 17.0 Å². The van der Waals surface area contributed by atoms with Gasteiger partial charge in [0.25, 0.3) is 0 Å². The lowest BCUT2D eigenvalue weighted by Gasteiger charge is -2.17. The normalized spacial score (nSPS) is 11.7. The maximum Gasteiger partial charge on any atom is 0.305 e. The molecule has 1 atom stereocenters. The third-order valence-corrected chi connectivity index (χ3v) is 3.45. The van der Waals surface area contributed by atoms with Crippen LogP contribution in [0.25, 0.3) is 0 Å². The van der Waals surface area contributed by atoms with Crippen LogP contribution in [0.2, 0.25) is 5.02 Å². The molecular formula is C17H16ClNO3. The molecule has 0 aliphatic carbocycles. The minimum atomic E-state index is -0.972. The molecule has 0 bridgehead atoms. The van der Waals surface area contributed by atoms with E-state index in [1.165, 1.54) is 0 Å². The number of nitrogens with one attached hydrogen (secondary N) is 1. The zero-order valence-electron chi connectivity index (χ0n) is 11.8. The Labute approximate surface area is 133 Å². The minimum absolute atomic E-state index is 0.178. The number of carbonyl (C=O) groups excluding carboxylic acids is 1. The van der Waals surface area contributed by atoms with E-state index in [4.69, 9.17) is 16.7 Å². The fourth-order valence-electron chi connectivity index (χ4n) is 2.15. The van der Waals surface area contributed by atoms with Crippen LogP contribution in [0.15, 0.2) is 54.6 Å². The summed E-state index contributed by atoms with van der Waals surface area (Å²) in [6.07, 6.45) is 0.0344. The predicted octanol–water partition coefficient (Wildman–Crippen LogP) is 3.21. The predicted molar refractivity (Wildman–Crippen MR) is 84.7 cm³/mol. The van der Waals surface area contributed by atoms with Gasteiger partial charge in [-0.2, -0.15) is 0 Å². The number of benzene rings is 2. The summed E-state index contributed by atoms with van der Waals surface area (Å²) in [5.41, 5.74) is 1.60. The lowest BCUT2D eigenvalue weighted by molar-refractivity contribution is -0.137. The minimum Gasteiger partial charge on any atom is -0.481 e. The Morgan fingerprint density at radius 2 is 1.68 bits per heavy atom. The van der Waals surface area contributed by atoms with Crippen LogP contribution >= 0.6 is 11.6 Å². The van der Waals surface area contributed by atoms with Crippen LogP contribution in [0.3, 0.4) is 0 Å². The van der Waals surface area contributed by atoms with Gasteiger partial charge in [-0.3, -0.25) is 9.59 Å². The van der Waals surface area contributed by atoms with Crippen LogP contribution in [0.4, 0.5) is 0 Å². The molecule has 2 N–H and O–H groups in total. The molecule has 0 spiro atoms. The monoisotopic (exact) mass is 317 g/mol. The third kappa shape index (κ3) is 4.90. The van der Waals surface area contributed by atoms with E-state index in [-0.39, 0.29) is 18.7 Å². The summed E-state index contributed by atoms with van der Waals surface area (Å²) >= 11 is 5.83. The number of carboxylic acids is 1. The Balaban J connectivity index is 2.07. The topological polar surface area (TPSA) is 66.4 Å². The number of aliphatic carboxylic acids is 1. The van der Waals surface area contributed by atoms with Gasteiger partial charge in [0.2, 0.25) is 5.91 Å². The van der Waals surface area contributed by atoms with Crippen molar-refractivity contribution in [2.75, 3.05) is 0 Å². The first kappa shape index (κ1) is 16.0. The van der Waals surface area contributed by atoms with Crippen molar-refractivity contribution in [3.8, 4) is 0 Å². The molecule has 0 saturated carbocycles. The first-order valence-electron chi connectivity index (χ1n) is 6.85. The van der Waals surface area contributed by atoms with E-state index in [0.717, 1.165) is 5.56 Å². The molecule has 0 aromatic heterocycles. The van der Waals surface area contributed by atoms with Crippen molar-refractivity contribution in [2.45, 2.75) is 18.9 Å². The van der Waals surface area contributed by atoms with Gasteiger partial charge in [-0.05, 0) is 23.3 Å². The summed E-state index contributed by atoms with van der Waals surface area (Å²) in [6.45, 7) is 0. The van der Waals surface area contributed by atoms with E-state index in [1.807, 2.05) is 30.3 Å². The standard InChI is InChI=1S/C17H16ClNO3/c18-14-8-6-13(7-9-14)15(11-17(21)22)19-16(20)10-12-4-2-1-3-5-12/h1-9,15H,10-11H2,(H,19,20)(H,21,22)/t15-/m0/s1. The van der Waals surface area contributed by atoms with Crippen LogP contribution in [0.5, 0.6) is 0 Å². The summed E-state index contributed by atoms with van der Waals surface area (Å²) < 4.78 is 0. The number of halogens is 1. The van der Waals surface area contributed by atoms with Crippen molar-refractivity contribution in [1.29, 1.82) is 0 Å². The molecule has 2 aromatic rings. The first-order valence-corrected chi connectivity index (χ1v) is 7.23. The highest BCUT2D eigenvalue weighted by molar-refractivity contribution is 6.30. The van der Waals surface area contributed by atoms with Gasteiger partial charge in [-0.1, -0.05) is 54.1 Å². The summed E-state index contributed by atoms with van der Waals surface area (Å²) in [6, 6.07) is 15.5. The Morgan fingerprint density at radius 1 is 1.05 bits per heavy atom. The summed E-state index contributed by atoms with van der Waals surface area (Å²) in [5, 5.41) is 12.4. The van der Waals surface area contributed by atoms with Crippen LogP contribution in [-0.2, 0) is 16.0 Å². The Hall–Kier alpha value is -2.33. The van der Waals surface area contributed by atoms with Crippen molar-refractivity contribution in [1.82, 2.24) is 5.32 Å². The maximum atomic E-state index is 12.1. The fourth-order valence-corrected chi connectivity index (χ4v) is 2.27. The number of hydrogen-bond acceptors (Lipinski definition) is 2. The van der Waals surface area contributed by atoms with Gasteiger partial charge in [0.1, 0.15) is 0 Å². The smallest absolute Gasteiger partial charge is 0.305 e. The van der Waals surface area contributed by atoms with Crippen molar-refractivity contribution in [2.24, 2.45) is 0 Å². The Bertz CT molecular complexity index is 641. The molecule has 22 heavy (non-hydrogen) atoms. The van der Waals surface area contributed by atoms with Crippen molar-refractivity contribution < 1.29 is 14.7 Å². The molecule has 0 radical (unpaired) electrons. The van der Waals surface area contributed by atoms with E-state index >= 15 is 0 Å². The molecule has 1 amide bonds. The number of rotatable bonds is 6. The van der Waals surface area contributed by atoms with Gasteiger partial charge in [-0.25, -0.2) is 0 Å². The molecule has 0 heterocycles. The average molecular weight is 318 g/mol. The molecule has 5 heteroatoms. The molecule has 0 fully saturated rings. The molecule has 0 unspecified atom stereocenters. The molecule has 2 aromatic carbocycles. The molecule has 0 aliphatic heterocycles. The van der Waals surface area contributed by atoms with Gasteiger partial charge in [0.15, 0.2) is 0 Å². The number of hydrogen-bond donors (Lipinski definition) is 2. The molecule has 4 nitrogen and oxygen atoms in total. The highest BCUT2D eigenvalue weighted by Gasteiger charge is 2.18. The maximum absolute atomic E-state index is 12.1. The third-order valence-electron chi connectivity index (χ3n) is 3.19. The van der Waals surface area contributed by atoms with E-state index in [0.29, 0.717) is 10.6 Å². The zero-order chi connectivity index (χ0) is 15.9. The van der Waals surface area contributed by atoms with Crippen LogP contribution in [0, 0.1) is 0 Å². The summed E-state index contributed by atoms with van der Waals surface area (Å²) in [5.74, 6) is -1.19. The first-order chi connectivity index (χ1) is 10.5. The summed E-state index contributed by atoms with van der Waals surface area (Å²) in [7, 11) is 0. The molecule has 2 rings (SSSR count). The molecule has 0 saturated heterocycles. The largest absolute Gasteiger partial charge is 0.481 e. The van der Waals surface area contributed by atoms with Crippen LogP contribution in [0.1, 0.15) is 23.6 Å². The molecular weight excluding hydrogens is 302 g/mol. The van der Waals surface area contributed by atoms with E-state index < -0.39 is 12.0 Å². The fraction of sp³-hybridized carbons (Fsp3) is 0.176. The van der Waals surface area contributed by atoms with E-state index in [1.54, 1.807) is 24.3 Å². The number of carboxylic acid groups (broad SMARTS) is 1. The lowest BCUT2D eigenvalue weighted by Crippen LogP contribution is -2.31. The van der Waals surface area contributed by atoms with Gasteiger partial charge in [-0.15, -0.1) is 0 Å². The van der Waals surface area contributed by atoms with E-state index in [9.17, 15) is 9.59 Å². The van der Waals surface area contributed by atoms with Gasteiger partial charge < -0.3 is 10.4 Å². The quantitative estimate of drug-likeness (QED) is 0.859.